The molecule has 0 fully saturated rings. The van der Waals surface area contributed by atoms with E-state index in [9.17, 15) is 4.79 Å². The minimum Gasteiger partial charge on any atom is -0.349 e. The molecule has 0 aliphatic rings. The van der Waals surface area contributed by atoms with Crippen LogP contribution in [0.5, 0.6) is 0 Å². The van der Waals surface area contributed by atoms with Crippen LogP contribution in [0, 0.1) is 5.92 Å². The molecule has 1 heterocycles. The minimum atomic E-state index is -0.466. The molecule has 0 aliphatic carbocycles. The highest BCUT2D eigenvalue weighted by atomic mass is 16.2. The van der Waals surface area contributed by atoms with Gasteiger partial charge < -0.3 is 11.1 Å². The first kappa shape index (κ1) is 11.6. The summed E-state index contributed by atoms with van der Waals surface area (Å²) >= 11 is 0. The van der Waals surface area contributed by atoms with Crippen molar-refractivity contribution in [2.24, 2.45) is 11.7 Å². The van der Waals surface area contributed by atoms with E-state index in [1.807, 2.05) is 13.8 Å². The molecule has 0 unspecified atom stereocenters. The first-order chi connectivity index (χ1) is 7.11. The number of amides is 1. The van der Waals surface area contributed by atoms with E-state index >= 15 is 0 Å². The number of nitrogens with zero attached hydrogens (tertiary/aromatic N) is 2. The average molecular weight is 208 g/mol. The second kappa shape index (κ2) is 5.41. The molecule has 1 aromatic rings. The van der Waals surface area contributed by atoms with Crippen LogP contribution in [0.4, 0.5) is 0 Å². The summed E-state index contributed by atoms with van der Waals surface area (Å²) in [5.41, 5.74) is 6.45. The molecule has 0 aromatic carbocycles. The summed E-state index contributed by atoms with van der Waals surface area (Å²) < 4.78 is 0. The molecular formula is C10H16N4O. The number of hydrogen-bond donors (Lipinski definition) is 2. The molecule has 1 atom stereocenters. The molecule has 0 bridgehead atoms. The van der Waals surface area contributed by atoms with Gasteiger partial charge in [-0.15, -0.1) is 0 Å². The molecule has 0 saturated carbocycles. The number of nitrogens with two attached hydrogens (primary N) is 1. The van der Waals surface area contributed by atoms with Crippen LogP contribution >= 0.6 is 0 Å². The molecule has 1 rings (SSSR count). The number of hydrogen-bond acceptors (Lipinski definition) is 4. The van der Waals surface area contributed by atoms with Gasteiger partial charge in [0.1, 0.15) is 6.33 Å². The summed E-state index contributed by atoms with van der Waals surface area (Å²) in [5.74, 6) is -0.0148. The third kappa shape index (κ3) is 3.63. The molecular weight excluding hydrogens is 192 g/mol. The molecule has 0 aliphatic heterocycles. The van der Waals surface area contributed by atoms with Crippen molar-refractivity contribution < 1.29 is 4.79 Å². The van der Waals surface area contributed by atoms with Gasteiger partial charge in [0.25, 0.3) is 0 Å². The fourth-order valence-corrected chi connectivity index (χ4v) is 1.02. The molecule has 15 heavy (non-hydrogen) atoms. The van der Waals surface area contributed by atoms with Crippen molar-refractivity contribution >= 4 is 5.91 Å². The second-order valence-corrected chi connectivity index (χ2v) is 3.69. The zero-order chi connectivity index (χ0) is 11.3. The zero-order valence-corrected chi connectivity index (χ0v) is 8.97. The first-order valence-corrected chi connectivity index (χ1v) is 4.89. The minimum absolute atomic E-state index is 0.135. The first-order valence-electron chi connectivity index (χ1n) is 4.89. The lowest BCUT2D eigenvalue weighted by Gasteiger charge is -2.14. The molecule has 0 radical (unpaired) electrons. The van der Waals surface area contributed by atoms with Gasteiger partial charge in [0.2, 0.25) is 5.91 Å². The summed E-state index contributed by atoms with van der Waals surface area (Å²) in [6, 6.07) is 1.29. The van der Waals surface area contributed by atoms with E-state index in [1.165, 1.54) is 6.33 Å². The predicted octanol–water partition coefficient (Wildman–Crippen LogP) is 0.0761. The van der Waals surface area contributed by atoms with Gasteiger partial charge in [-0.25, -0.2) is 9.97 Å². The summed E-state index contributed by atoms with van der Waals surface area (Å²) in [5, 5.41) is 2.73. The highest BCUT2D eigenvalue weighted by Gasteiger charge is 2.16. The fraction of sp³-hybridized carbons (Fsp3) is 0.500. The van der Waals surface area contributed by atoms with Crippen molar-refractivity contribution in [1.29, 1.82) is 0 Å². The zero-order valence-electron chi connectivity index (χ0n) is 8.97. The van der Waals surface area contributed by atoms with E-state index in [0.717, 1.165) is 5.69 Å². The average Bonchev–Trinajstić information content (AvgIpc) is 2.26. The lowest BCUT2D eigenvalue weighted by atomic mass is 10.1. The number of carbonyl (C=O) groups is 1. The van der Waals surface area contributed by atoms with Crippen molar-refractivity contribution in [1.82, 2.24) is 15.3 Å². The van der Waals surface area contributed by atoms with Gasteiger partial charge in [0.15, 0.2) is 0 Å². The molecule has 82 valence electrons. The molecule has 3 N–H and O–H groups in total. The summed E-state index contributed by atoms with van der Waals surface area (Å²) in [6.45, 7) is 4.21. The van der Waals surface area contributed by atoms with E-state index in [0.29, 0.717) is 6.54 Å². The van der Waals surface area contributed by atoms with Crippen LogP contribution in [0.25, 0.3) is 0 Å². The van der Waals surface area contributed by atoms with Crippen LogP contribution in [0.1, 0.15) is 19.5 Å². The van der Waals surface area contributed by atoms with Gasteiger partial charge >= 0.3 is 0 Å². The third-order valence-electron chi connectivity index (χ3n) is 2.11. The van der Waals surface area contributed by atoms with Crippen LogP contribution in [0.15, 0.2) is 18.6 Å². The van der Waals surface area contributed by atoms with Crippen LogP contribution in [-0.2, 0) is 11.3 Å². The number of aromatic nitrogens is 2. The number of carbonyl (C=O) groups excluding carboxylic acids is 1. The van der Waals surface area contributed by atoms with E-state index in [1.54, 1.807) is 12.3 Å². The van der Waals surface area contributed by atoms with Gasteiger partial charge in [0, 0.05) is 6.20 Å². The quantitative estimate of drug-likeness (QED) is 0.734. The van der Waals surface area contributed by atoms with Crippen molar-refractivity contribution in [3.8, 4) is 0 Å². The van der Waals surface area contributed by atoms with E-state index in [2.05, 4.69) is 15.3 Å². The van der Waals surface area contributed by atoms with Crippen molar-refractivity contribution in [3.63, 3.8) is 0 Å². The number of rotatable bonds is 4. The molecule has 0 saturated heterocycles. The SMILES string of the molecule is CC(C)[C@@H](N)C(=O)NCc1ccncn1. The number of nitrogens with one attached hydrogen (secondary N) is 1. The topological polar surface area (TPSA) is 80.9 Å². The van der Waals surface area contributed by atoms with Gasteiger partial charge in [-0.2, -0.15) is 0 Å². The standard InChI is InChI=1S/C10H16N4O/c1-7(2)9(11)10(15)13-5-8-3-4-12-6-14-8/h3-4,6-7,9H,5,11H2,1-2H3,(H,13,15)/t9-/m1/s1. The fourth-order valence-electron chi connectivity index (χ4n) is 1.02. The highest BCUT2D eigenvalue weighted by molar-refractivity contribution is 5.81. The van der Waals surface area contributed by atoms with Crippen LogP contribution in [0.2, 0.25) is 0 Å². The van der Waals surface area contributed by atoms with Gasteiger partial charge in [-0.05, 0) is 12.0 Å². The molecule has 0 spiro atoms. The van der Waals surface area contributed by atoms with Crippen LogP contribution in [-0.4, -0.2) is 21.9 Å². The van der Waals surface area contributed by atoms with E-state index < -0.39 is 6.04 Å². The molecule has 1 amide bonds. The maximum atomic E-state index is 11.5. The third-order valence-corrected chi connectivity index (χ3v) is 2.11. The Hall–Kier alpha value is -1.49. The van der Waals surface area contributed by atoms with Crippen LogP contribution in [0.3, 0.4) is 0 Å². The lowest BCUT2D eigenvalue weighted by molar-refractivity contribution is -0.123. The summed E-state index contributed by atoms with van der Waals surface area (Å²) in [4.78, 5) is 19.3. The summed E-state index contributed by atoms with van der Waals surface area (Å²) in [7, 11) is 0. The smallest absolute Gasteiger partial charge is 0.237 e. The maximum Gasteiger partial charge on any atom is 0.237 e. The van der Waals surface area contributed by atoms with Crippen LogP contribution < -0.4 is 11.1 Å². The van der Waals surface area contributed by atoms with E-state index in [4.69, 9.17) is 5.73 Å². The van der Waals surface area contributed by atoms with Gasteiger partial charge in [-0.1, -0.05) is 13.8 Å². The Kier molecular flexibility index (Phi) is 4.17. The van der Waals surface area contributed by atoms with E-state index in [-0.39, 0.29) is 11.8 Å². The lowest BCUT2D eigenvalue weighted by Crippen LogP contribution is -2.43. The Bertz CT molecular complexity index is 312. The normalized spacial score (nSPS) is 12.5. The van der Waals surface area contributed by atoms with Gasteiger partial charge in [0.05, 0.1) is 18.3 Å². The molecule has 5 heteroatoms. The molecule has 1 aromatic heterocycles. The molecule has 5 nitrogen and oxygen atoms in total. The Morgan fingerprint density at radius 2 is 2.33 bits per heavy atom. The monoisotopic (exact) mass is 208 g/mol. The highest BCUT2D eigenvalue weighted by Crippen LogP contribution is 1.98. The van der Waals surface area contributed by atoms with Crippen molar-refractivity contribution in [3.05, 3.63) is 24.3 Å². The Balaban J connectivity index is 2.41. The van der Waals surface area contributed by atoms with Crippen molar-refractivity contribution in [2.45, 2.75) is 26.4 Å². The van der Waals surface area contributed by atoms with Gasteiger partial charge in [-0.3, -0.25) is 4.79 Å². The Morgan fingerprint density at radius 1 is 1.60 bits per heavy atom. The Labute approximate surface area is 89.1 Å². The van der Waals surface area contributed by atoms with Crippen molar-refractivity contribution in [2.75, 3.05) is 0 Å². The predicted molar refractivity (Wildman–Crippen MR) is 56.7 cm³/mol. The Morgan fingerprint density at radius 3 is 2.87 bits per heavy atom. The summed E-state index contributed by atoms with van der Waals surface area (Å²) in [6.07, 6.45) is 3.08. The largest absolute Gasteiger partial charge is 0.349 e. The second-order valence-electron chi connectivity index (χ2n) is 3.69. The maximum absolute atomic E-state index is 11.5.